The van der Waals surface area contributed by atoms with Gasteiger partial charge in [0.2, 0.25) is 0 Å². The third-order valence-electron chi connectivity index (χ3n) is 5.42. The van der Waals surface area contributed by atoms with E-state index in [1.54, 1.807) is 19.3 Å². The summed E-state index contributed by atoms with van der Waals surface area (Å²) < 4.78 is 0. The summed E-state index contributed by atoms with van der Waals surface area (Å²) in [6.45, 7) is 7.18. The van der Waals surface area contributed by atoms with E-state index >= 15 is 0 Å². The molecule has 0 aromatic carbocycles. The van der Waals surface area contributed by atoms with Gasteiger partial charge in [-0.15, -0.1) is 0 Å². The van der Waals surface area contributed by atoms with E-state index in [1.165, 1.54) is 0 Å². The molecule has 5 atom stereocenters. The van der Waals surface area contributed by atoms with Gasteiger partial charge in [-0.1, -0.05) is 20.8 Å². The highest BCUT2D eigenvalue weighted by atomic mass is 14.9. The number of rotatable bonds is 2. The summed E-state index contributed by atoms with van der Waals surface area (Å²) >= 11 is 0. The maximum absolute atomic E-state index is 3.60. The molecule has 1 N–H and O–H groups in total. The predicted octanol–water partition coefficient (Wildman–Crippen LogP) is 2.91. The van der Waals surface area contributed by atoms with Crippen molar-refractivity contribution in [2.24, 2.45) is 35.0 Å². The maximum Gasteiger partial charge on any atom is 0.0146 e. The lowest BCUT2D eigenvalue weighted by Gasteiger charge is -2.32. The first kappa shape index (κ1) is 10.1. The molecule has 3 rings (SSSR count). The lowest BCUT2D eigenvalue weighted by molar-refractivity contribution is 0.221. The summed E-state index contributed by atoms with van der Waals surface area (Å²) in [5.74, 6) is 5.47. The lowest BCUT2D eigenvalue weighted by Crippen LogP contribution is -2.41. The van der Waals surface area contributed by atoms with Crippen molar-refractivity contribution in [2.45, 2.75) is 46.1 Å². The monoisotopic (exact) mass is 207 g/mol. The van der Waals surface area contributed by atoms with Crippen molar-refractivity contribution in [3.8, 4) is 0 Å². The zero-order valence-electron chi connectivity index (χ0n) is 10.6. The fourth-order valence-corrected chi connectivity index (χ4v) is 5.04. The summed E-state index contributed by atoms with van der Waals surface area (Å²) in [5, 5.41) is 3.60. The summed E-state index contributed by atoms with van der Waals surface area (Å²) in [6.07, 6.45) is 4.66. The normalized spacial score (nSPS) is 49.2. The Bertz CT molecular complexity index is 249. The Labute approximate surface area is 94.0 Å². The molecule has 86 valence electrons. The van der Waals surface area contributed by atoms with E-state index < -0.39 is 0 Å². The van der Waals surface area contributed by atoms with Crippen molar-refractivity contribution < 1.29 is 0 Å². The van der Waals surface area contributed by atoms with E-state index in [1.807, 2.05) is 0 Å². The molecule has 0 heterocycles. The minimum Gasteiger partial charge on any atom is -0.316 e. The molecule has 0 saturated heterocycles. The first-order chi connectivity index (χ1) is 7.04. The molecule has 0 aromatic rings. The molecule has 3 aliphatic carbocycles. The van der Waals surface area contributed by atoms with Crippen LogP contribution in [0.1, 0.15) is 40.0 Å². The quantitative estimate of drug-likeness (QED) is 0.734. The van der Waals surface area contributed by atoms with Gasteiger partial charge < -0.3 is 5.32 Å². The molecule has 3 saturated carbocycles. The van der Waals surface area contributed by atoms with Crippen LogP contribution in [0.4, 0.5) is 0 Å². The van der Waals surface area contributed by atoms with Crippen LogP contribution in [-0.2, 0) is 0 Å². The number of nitrogens with one attached hydrogen (secondary N) is 1. The van der Waals surface area contributed by atoms with E-state index in [0.717, 1.165) is 35.6 Å². The lowest BCUT2D eigenvalue weighted by atomic mass is 9.80. The molecule has 3 fully saturated rings. The van der Waals surface area contributed by atoms with Crippen LogP contribution < -0.4 is 5.32 Å². The molecule has 0 spiro atoms. The molecule has 0 amide bonds. The largest absolute Gasteiger partial charge is 0.316 e. The Hall–Kier alpha value is -0.0400. The van der Waals surface area contributed by atoms with Crippen molar-refractivity contribution >= 4 is 0 Å². The average molecular weight is 207 g/mol. The third-order valence-corrected chi connectivity index (χ3v) is 5.42. The fourth-order valence-electron chi connectivity index (χ4n) is 5.04. The average Bonchev–Trinajstić information content (AvgIpc) is 2.55. The Morgan fingerprint density at radius 1 is 1.07 bits per heavy atom. The highest BCUT2D eigenvalue weighted by Crippen LogP contribution is 2.71. The van der Waals surface area contributed by atoms with Crippen LogP contribution >= 0.6 is 0 Å². The van der Waals surface area contributed by atoms with Crippen LogP contribution in [0.5, 0.6) is 0 Å². The van der Waals surface area contributed by atoms with Crippen LogP contribution in [-0.4, -0.2) is 13.1 Å². The van der Waals surface area contributed by atoms with Crippen molar-refractivity contribution in [1.82, 2.24) is 5.32 Å². The molecule has 1 nitrogen and oxygen atoms in total. The highest BCUT2D eigenvalue weighted by molar-refractivity contribution is 5.16. The van der Waals surface area contributed by atoms with Gasteiger partial charge in [-0.2, -0.15) is 0 Å². The van der Waals surface area contributed by atoms with Crippen molar-refractivity contribution in [3.63, 3.8) is 0 Å². The minimum absolute atomic E-state index is 0.434. The van der Waals surface area contributed by atoms with Gasteiger partial charge in [0, 0.05) is 6.04 Å². The van der Waals surface area contributed by atoms with Gasteiger partial charge in [-0.25, -0.2) is 0 Å². The smallest absolute Gasteiger partial charge is 0.0146 e. The Balaban J connectivity index is 1.76. The molecular weight excluding hydrogens is 182 g/mol. The molecule has 3 aliphatic rings. The molecule has 5 unspecified atom stereocenters. The topological polar surface area (TPSA) is 12.0 Å². The zero-order valence-corrected chi connectivity index (χ0v) is 10.6. The third kappa shape index (κ3) is 1.32. The van der Waals surface area contributed by atoms with E-state index in [9.17, 15) is 0 Å². The van der Waals surface area contributed by atoms with E-state index in [-0.39, 0.29) is 0 Å². The SMILES string of the molecule is CNC(C1C2C3CCC(C3)C21)C(C)(C)C. The molecule has 0 aromatic heterocycles. The maximum atomic E-state index is 3.60. The number of fused-ring (bicyclic) bond motifs is 5. The zero-order chi connectivity index (χ0) is 10.8. The van der Waals surface area contributed by atoms with Gasteiger partial charge in [0.05, 0.1) is 0 Å². The molecule has 15 heavy (non-hydrogen) atoms. The second-order valence-corrected chi connectivity index (χ2v) is 7.20. The van der Waals surface area contributed by atoms with Gasteiger partial charge >= 0.3 is 0 Å². The first-order valence-corrected chi connectivity index (χ1v) is 6.71. The van der Waals surface area contributed by atoms with Crippen LogP contribution in [0.15, 0.2) is 0 Å². The Kier molecular flexibility index (Phi) is 2.03. The summed E-state index contributed by atoms with van der Waals surface area (Å²) in [7, 11) is 2.16. The van der Waals surface area contributed by atoms with Gasteiger partial charge in [0.15, 0.2) is 0 Å². The van der Waals surface area contributed by atoms with Gasteiger partial charge in [-0.3, -0.25) is 0 Å². The van der Waals surface area contributed by atoms with Crippen LogP contribution in [0.2, 0.25) is 0 Å². The fraction of sp³-hybridized carbons (Fsp3) is 1.00. The minimum atomic E-state index is 0.434. The molecule has 2 bridgehead atoms. The van der Waals surface area contributed by atoms with Crippen molar-refractivity contribution in [1.29, 1.82) is 0 Å². The molecule has 0 aliphatic heterocycles. The molecule has 1 heteroatoms. The van der Waals surface area contributed by atoms with Gasteiger partial charge in [-0.05, 0) is 61.3 Å². The first-order valence-electron chi connectivity index (χ1n) is 6.71. The summed E-state index contributed by atoms with van der Waals surface area (Å²) in [5.41, 5.74) is 0.434. The predicted molar refractivity (Wildman–Crippen MR) is 63.6 cm³/mol. The molecular formula is C14H25N. The van der Waals surface area contributed by atoms with Gasteiger partial charge in [0.25, 0.3) is 0 Å². The number of hydrogen-bond acceptors (Lipinski definition) is 1. The molecule has 0 radical (unpaired) electrons. The Morgan fingerprint density at radius 3 is 2.00 bits per heavy atom. The van der Waals surface area contributed by atoms with Crippen LogP contribution in [0, 0.1) is 35.0 Å². The standard InChI is InChI=1S/C14H25N/c1-14(2,3)13(15-4)12-10-8-5-6-9(7-8)11(10)12/h8-13,15H,5-7H2,1-4H3. The second-order valence-electron chi connectivity index (χ2n) is 7.20. The Morgan fingerprint density at radius 2 is 1.60 bits per heavy atom. The van der Waals surface area contributed by atoms with E-state index in [0.29, 0.717) is 5.41 Å². The van der Waals surface area contributed by atoms with Crippen molar-refractivity contribution in [3.05, 3.63) is 0 Å². The highest BCUT2D eigenvalue weighted by Gasteiger charge is 2.67. The van der Waals surface area contributed by atoms with Crippen LogP contribution in [0.25, 0.3) is 0 Å². The van der Waals surface area contributed by atoms with E-state index in [4.69, 9.17) is 0 Å². The van der Waals surface area contributed by atoms with Gasteiger partial charge in [0.1, 0.15) is 0 Å². The van der Waals surface area contributed by atoms with Crippen LogP contribution in [0.3, 0.4) is 0 Å². The van der Waals surface area contributed by atoms with E-state index in [2.05, 4.69) is 33.1 Å². The van der Waals surface area contributed by atoms with Crippen molar-refractivity contribution in [2.75, 3.05) is 7.05 Å². The summed E-state index contributed by atoms with van der Waals surface area (Å²) in [6, 6.07) is 0.746. The second kappa shape index (κ2) is 3.00. The number of hydrogen-bond donors (Lipinski definition) is 1. The summed E-state index contributed by atoms with van der Waals surface area (Å²) in [4.78, 5) is 0.